The summed E-state index contributed by atoms with van der Waals surface area (Å²) in [5, 5.41) is 32.4. The Kier molecular flexibility index (Phi) is 6.61. The Bertz CT molecular complexity index is 1030. The Hall–Kier alpha value is -2.80. The molecule has 3 aromatic rings. The molecule has 1 saturated heterocycles. The molecule has 4 rings (SSSR count). The van der Waals surface area contributed by atoms with E-state index in [1.54, 1.807) is 19.2 Å². The number of aromatic hydroxyl groups is 1. The fraction of sp³-hybridized carbons (Fsp3) is 0.360. The van der Waals surface area contributed by atoms with Crippen LogP contribution in [0.15, 0.2) is 54.6 Å². The van der Waals surface area contributed by atoms with Crippen molar-refractivity contribution in [3.63, 3.8) is 0 Å². The second-order valence-corrected chi connectivity index (χ2v) is 8.04. The molecule has 1 atom stereocenters. The van der Waals surface area contributed by atoms with Gasteiger partial charge in [-0.15, -0.1) is 0 Å². The SMILES string of the molecule is COc1ccc(O)c(-c2ccc(OCC(O)CN3CCC(O)CC3)c3ccccc23)c1. The van der Waals surface area contributed by atoms with Crippen molar-refractivity contribution in [1.29, 1.82) is 0 Å². The lowest BCUT2D eigenvalue weighted by molar-refractivity contribution is 0.0340. The van der Waals surface area contributed by atoms with Crippen LogP contribution in [0.25, 0.3) is 21.9 Å². The third kappa shape index (κ3) is 4.93. The summed E-state index contributed by atoms with van der Waals surface area (Å²) in [6.45, 7) is 2.30. The summed E-state index contributed by atoms with van der Waals surface area (Å²) in [4.78, 5) is 2.16. The van der Waals surface area contributed by atoms with E-state index in [0.717, 1.165) is 42.3 Å². The van der Waals surface area contributed by atoms with E-state index in [1.807, 2.05) is 42.5 Å². The van der Waals surface area contributed by atoms with E-state index in [4.69, 9.17) is 9.47 Å². The number of benzene rings is 3. The number of nitrogens with zero attached hydrogens (tertiary/aromatic N) is 1. The molecule has 6 nitrogen and oxygen atoms in total. The molecule has 1 aliphatic heterocycles. The maximum Gasteiger partial charge on any atom is 0.127 e. The monoisotopic (exact) mass is 423 g/mol. The molecule has 31 heavy (non-hydrogen) atoms. The van der Waals surface area contributed by atoms with Crippen LogP contribution in [-0.4, -0.2) is 65.8 Å². The number of rotatable bonds is 7. The van der Waals surface area contributed by atoms with Gasteiger partial charge in [-0.3, -0.25) is 0 Å². The molecule has 0 aliphatic carbocycles. The standard InChI is InChI=1S/C25H29NO5/c1-30-19-6-8-24(29)23(14-19)21-7-9-25(22-5-3-2-4-20(21)22)31-16-18(28)15-26-12-10-17(27)11-13-26/h2-9,14,17-18,27-29H,10-13,15-16H2,1H3. The smallest absolute Gasteiger partial charge is 0.127 e. The molecule has 0 bridgehead atoms. The van der Waals surface area contributed by atoms with E-state index in [1.165, 1.54) is 0 Å². The van der Waals surface area contributed by atoms with E-state index < -0.39 is 6.10 Å². The number of hydrogen-bond acceptors (Lipinski definition) is 6. The van der Waals surface area contributed by atoms with Gasteiger partial charge in [0.05, 0.1) is 13.2 Å². The molecule has 3 aromatic carbocycles. The number of likely N-dealkylation sites (tertiary alicyclic amines) is 1. The van der Waals surface area contributed by atoms with Crippen LogP contribution in [0.2, 0.25) is 0 Å². The molecule has 0 saturated carbocycles. The first-order valence-corrected chi connectivity index (χ1v) is 10.7. The molecule has 1 unspecified atom stereocenters. The lowest BCUT2D eigenvalue weighted by atomic mass is 9.97. The molecule has 0 spiro atoms. The van der Waals surface area contributed by atoms with Crippen molar-refractivity contribution in [3.8, 4) is 28.4 Å². The summed E-state index contributed by atoms with van der Waals surface area (Å²) in [6.07, 6.45) is 0.655. The normalized spacial score (nSPS) is 16.4. The van der Waals surface area contributed by atoms with Gasteiger partial charge in [0.25, 0.3) is 0 Å². The molecule has 3 N–H and O–H groups in total. The average Bonchev–Trinajstić information content (AvgIpc) is 2.79. The Balaban J connectivity index is 1.53. The summed E-state index contributed by atoms with van der Waals surface area (Å²) in [7, 11) is 1.60. The van der Waals surface area contributed by atoms with Crippen LogP contribution >= 0.6 is 0 Å². The molecule has 164 valence electrons. The largest absolute Gasteiger partial charge is 0.507 e. The topological polar surface area (TPSA) is 82.4 Å². The molecule has 1 heterocycles. The number of phenolic OH excluding ortho intramolecular Hbond substituents is 1. The quantitative estimate of drug-likeness (QED) is 0.540. The highest BCUT2D eigenvalue weighted by Crippen LogP contribution is 2.39. The minimum atomic E-state index is -0.615. The van der Waals surface area contributed by atoms with E-state index in [2.05, 4.69) is 4.90 Å². The Labute approximate surface area is 182 Å². The minimum Gasteiger partial charge on any atom is -0.507 e. The highest BCUT2D eigenvalue weighted by Gasteiger charge is 2.20. The Morgan fingerprint density at radius 2 is 1.74 bits per heavy atom. The van der Waals surface area contributed by atoms with Crippen LogP contribution in [0.3, 0.4) is 0 Å². The maximum atomic E-state index is 10.5. The van der Waals surface area contributed by atoms with Crippen LogP contribution in [-0.2, 0) is 0 Å². The van der Waals surface area contributed by atoms with Gasteiger partial charge in [-0.1, -0.05) is 24.3 Å². The van der Waals surface area contributed by atoms with Crippen molar-refractivity contribution in [1.82, 2.24) is 4.90 Å². The van der Waals surface area contributed by atoms with E-state index >= 15 is 0 Å². The fourth-order valence-corrected chi connectivity index (χ4v) is 4.13. The Morgan fingerprint density at radius 1 is 1.00 bits per heavy atom. The molecule has 0 aromatic heterocycles. The predicted octanol–water partition coefficient (Wildman–Crippen LogP) is 3.42. The molecule has 1 fully saturated rings. The molecular formula is C25H29NO5. The van der Waals surface area contributed by atoms with Gasteiger partial charge in [-0.25, -0.2) is 0 Å². The number of phenols is 1. The Morgan fingerprint density at radius 3 is 2.48 bits per heavy atom. The van der Waals surface area contributed by atoms with Gasteiger partial charge in [0.1, 0.15) is 30.0 Å². The summed E-state index contributed by atoms with van der Waals surface area (Å²) < 4.78 is 11.3. The van der Waals surface area contributed by atoms with Gasteiger partial charge in [0, 0.05) is 30.6 Å². The van der Waals surface area contributed by atoms with Gasteiger partial charge in [-0.05, 0) is 54.1 Å². The lowest BCUT2D eigenvalue weighted by Gasteiger charge is -2.30. The van der Waals surface area contributed by atoms with E-state index in [0.29, 0.717) is 23.6 Å². The number of hydrogen-bond donors (Lipinski definition) is 3. The number of piperidine rings is 1. The third-order valence-electron chi connectivity index (χ3n) is 5.84. The van der Waals surface area contributed by atoms with Gasteiger partial charge in [-0.2, -0.15) is 0 Å². The molecule has 0 amide bonds. The average molecular weight is 424 g/mol. The second kappa shape index (κ2) is 9.56. The van der Waals surface area contributed by atoms with Crippen LogP contribution in [0.4, 0.5) is 0 Å². The minimum absolute atomic E-state index is 0.182. The van der Waals surface area contributed by atoms with Crippen molar-refractivity contribution < 1.29 is 24.8 Å². The van der Waals surface area contributed by atoms with Gasteiger partial charge >= 0.3 is 0 Å². The molecule has 6 heteroatoms. The summed E-state index contributed by atoms with van der Waals surface area (Å²) in [6, 6.07) is 16.8. The van der Waals surface area contributed by atoms with Crippen molar-refractivity contribution in [2.24, 2.45) is 0 Å². The van der Waals surface area contributed by atoms with Crippen molar-refractivity contribution in [3.05, 3.63) is 54.6 Å². The third-order valence-corrected chi connectivity index (χ3v) is 5.84. The van der Waals surface area contributed by atoms with E-state index in [9.17, 15) is 15.3 Å². The molecule has 1 aliphatic rings. The van der Waals surface area contributed by atoms with Gasteiger partial charge in [0.15, 0.2) is 0 Å². The molecular weight excluding hydrogens is 394 g/mol. The van der Waals surface area contributed by atoms with Crippen molar-refractivity contribution >= 4 is 10.8 Å². The zero-order valence-corrected chi connectivity index (χ0v) is 17.7. The molecule has 0 radical (unpaired) electrons. The zero-order valence-electron chi connectivity index (χ0n) is 17.7. The maximum absolute atomic E-state index is 10.5. The fourth-order valence-electron chi connectivity index (χ4n) is 4.13. The zero-order chi connectivity index (χ0) is 21.8. The second-order valence-electron chi connectivity index (χ2n) is 8.04. The van der Waals surface area contributed by atoms with Crippen molar-refractivity contribution in [2.75, 3.05) is 33.4 Å². The highest BCUT2D eigenvalue weighted by atomic mass is 16.5. The van der Waals surface area contributed by atoms with E-state index in [-0.39, 0.29) is 18.5 Å². The predicted molar refractivity (Wildman–Crippen MR) is 121 cm³/mol. The summed E-state index contributed by atoms with van der Waals surface area (Å²) in [5.41, 5.74) is 1.57. The first kappa shape index (κ1) is 21.4. The lowest BCUT2D eigenvalue weighted by Crippen LogP contribution is -2.41. The highest BCUT2D eigenvalue weighted by molar-refractivity contribution is 6.01. The number of aliphatic hydroxyl groups excluding tert-OH is 2. The van der Waals surface area contributed by atoms with Gasteiger partial charge < -0.3 is 29.7 Å². The number of ether oxygens (including phenoxy) is 2. The number of β-amino-alcohol motifs (C(OH)–C–C–N with tert-alkyl or cyclic N) is 1. The number of methoxy groups -OCH3 is 1. The first-order chi connectivity index (χ1) is 15.0. The number of aliphatic hydroxyl groups is 2. The van der Waals surface area contributed by atoms with Crippen LogP contribution < -0.4 is 9.47 Å². The van der Waals surface area contributed by atoms with Crippen LogP contribution in [0, 0.1) is 0 Å². The number of fused-ring (bicyclic) bond motifs is 1. The first-order valence-electron chi connectivity index (χ1n) is 10.7. The van der Waals surface area contributed by atoms with Crippen molar-refractivity contribution in [2.45, 2.75) is 25.0 Å². The summed E-state index contributed by atoms with van der Waals surface area (Å²) >= 11 is 0. The van der Waals surface area contributed by atoms with Gasteiger partial charge in [0.2, 0.25) is 0 Å². The van der Waals surface area contributed by atoms with Crippen LogP contribution in [0.1, 0.15) is 12.8 Å². The summed E-state index contributed by atoms with van der Waals surface area (Å²) in [5.74, 6) is 1.54. The van der Waals surface area contributed by atoms with Crippen LogP contribution in [0.5, 0.6) is 17.2 Å².